The molecule has 34 heavy (non-hydrogen) atoms. The van der Waals surface area contributed by atoms with Crippen LogP contribution in [-0.4, -0.2) is 37.4 Å². The molecule has 0 spiro atoms. The maximum absolute atomic E-state index is 13.2. The van der Waals surface area contributed by atoms with E-state index in [0.29, 0.717) is 22.4 Å². The van der Waals surface area contributed by atoms with Gasteiger partial charge in [0.25, 0.3) is 11.6 Å². The van der Waals surface area contributed by atoms with E-state index < -0.39 is 10.8 Å². The van der Waals surface area contributed by atoms with Gasteiger partial charge in [-0.25, -0.2) is 9.07 Å². The SMILES string of the molecule is CCOc1cn(-c2ccc(F)cc2)nc1C(=O)Nc1nnc(SCc2cccc([N+](=O)[O-])c2)s1. The highest BCUT2D eigenvalue weighted by Gasteiger charge is 2.21. The number of benzene rings is 2. The zero-order valence-corrected chi connectivity index (χ0v) is 19.3. The van der Waals surface area contributed by atoms with Crippen molar-refractivity contribution in [2.75, 3.05) is 11.9 Å². The average molecular weight is 501 g/mol. The van der Waals surface area contributed by atoms with Crippen LogP contribution in [0.2, 0.25) is 0 Å². The number of nitrogens with zero attached hydrogens (tertiary/aromatic N) is 5. The van der Waals surface area contributed by atoms with Gasteiger partial charge in [-0.15, -0.1) is 10.2 Å². The molecule has 2 aromatic carbocycles. The molecule has 4 rings (SSSR count). The topological polar surface area (TPSA) is 125 Å². The van der Waals surface area contributed by atoms with Crippen molar-refractivity contribution >= 4 is 39.8 Å². The smallest absolute Gasteiger partial charge is 0.281 e. The van der Waals surface area contributed by atoms with Crippen molar-refractivity contribution in [3.05, 3.63) is 81.9 Å². The summed E-state index contributed by atoms with van der Waals surface area (Å²) in [6, 6.07) is 12.0. The van der Waals surface area contributed by atoms with Crippen LogP contribution < -0.4 is 10.1 Å². The second-order valence-corrected chi connectivity index (χ2v) is 8.94. The van der Waals surface area contributed by atoms with E-state index in [0.717, 1.165) is 5.56 Å². The zero-order chi connectivity index (χ0) is 24.1. The summed E-state index contributed by atoms with van der Waals surface area (Å²) in [4.78, 5) is 23.3. The van der Waals surface area contributed by atoms with E-state index in [-0.39, 0.29) is 28.1 Å². The lowest BCUT2D eigenvalue weighted by Crippen LogP contribution is -2.14. The van der Waals surface area contributed by atoms with Crippen LogP contribution in [-0.2, 0) is 5.75 Å². The number of carbonyl (C=O) groups is 1. The first-order valence-electron chi connectivity index (χ1n) is 9.92. The highest BCUT2D eigenvalue weighted by molar-refractivity contribution is 8.00. The third kappa shape index (κ3) is 5.55. The number of hydrogen-bond donors (Lipinski definition) is 1. The third-order valence-electron chi connectivity index (χ3n) is 4.40. The molecule has 4 aromatic rings. The predicted octanol–water partition coefficient (Wildman–Crippen LogP) is 4.71. The van der Waals surface area contributed by atoms with Gasteiger partial charge >= 0.3 is 0 Å². The molecule has 0 aliphatic carbocycles. The highest BCUT2D eigenvalue weighted by Crippen LogP contribution is 2.30. The van der Waals surface area contributed by atoms with Gasteiger partial charge in [-0.05, 0) is 36.8 Å². The fourth-order valence-electron chi connectivity index (χ4n) is 2.88. The summed E-state index contributed by atoms with van der Waals surface area (Å²) < 4.78 is 20.8. The summed E-state index contributed by atoms with van der Waals surface area (Å²) in [6.45, 7) is 2.11. The minimum atomic E-state index is -0.532. The van der Waals surface area contributed by atoms with E-state index in [4.69, 9.17) is 4.74 Å². The molecule has 0 fully saturated rings. The average Bonchev–Trinajstić information content (AvgIpc) is 3.46. The van der Waals surface area contributed by atoms with Crippen molar-refractivity contribution in [3.8, 4) is 11.4 Å². The fourth-order valence-corrected chi connectivity index (χ4v) is 4.57. The number of hydrogen-bond acceptors (Lipinski definition) is 9. The minimum Gasteiger partial charge on any atom is -0.490 e. The van der Waals surface area contributed by atoms with E-state index in [1.165, 1.54) is 64.2 Å². The number of rotatable bonds is 9. The van der Waals surface area contributed by atoms with Gasteiger partial charge in [-0.3, -0.25) is 20.2 Å². The summed E-state index contributed by atoms with van der Waals surface area (Å²) in [5.41, 5.74) is 1.41. The van der Waals surface area contributed by atoms with Crippen LogP contribution in [0.4, 0.5) is 15.2 Å². The maximum atomic E-state index is 13.2. The number of anilines is 1. The number of thioether (sulfide) groups is 1. The normalized spacial score (nSPS) is 10.8. The molecule has 0 bridgehead atoms. The molecule has 0 radical (unpaired) electrons. The Labute approximate surface area is 200 Å². The second kappa shape index (κ2) is 10.4. The number of nitro groups is 1. The van der Waals surface area contributed by atoms with Gasteiger partial charge in [0.15, 0.2) is 15.8 Å². The number of non-ortho nitro benzene ring substituents is 1. The summed E-state index contributed by atoms with van der Waals surface area (Å²) in [7, 11) is 0. The van der Waals surface area contributed by atoms with E-state index in [9.17, 15) is 19.3 Å². The van der Waals surface area contributed by atoms with Crippen LogP contribution in [0.25, 0.3) is 5.69 Å². The predicted molar refractivity (Wildman–Crippen MR) is 125 cm³/mol. The molecule has 0 aliphatic heterocycles. The van der Waals surface area contributed by atoms with Gasteiger partial charge in [0.2, 0.25) is 5.13 Å². The number of carbonyl (C=O) groups excluding carboxylic acids is 1. The van der Waals surface area contributed by atoms with Gasteiger partial charge < -0.3 is 4.74 Å². The van der Waals surface area contributed by atoms with Crippen molar-refractivity contribution in [1.82, 2.24) is 20.0 Å². The number of ether oxygens (including phenoxy) is 1. The lowest BCUT2D eigenvalue weighted by Gasteiger charge is -2.02. The molecule has 0 saturated carbocycles. The standard InChI is InChI=1S/C21H17FN6O4S2/c1-2-32-17-11-27(15-8-6-14(22)7-9-15)26-18(17)19(29)23-20-24-25-21(34-20)33-12-13-4-3-5-16(10-13)28(30)31/h3-11H,2,12H2,1H3,(H,23,24,29). The first-order chi connectivity index (χ1) is 16.4. The third-order valence-corrected chi connectivity index (χ3v) is 6.44. The van der Waals surface area contributed by atoms with Crippen molar-refractivity contribution in [1.29, 1.82) is 0 Å². The van der Waals surface area contributed by atoms with E-state index >= 15 is 0 Å². The Hall–Kier alpha value is -3.84. The lowest BCUT2D eigenvalue weighted by atomic mass is 10.2. The minimum absolute atomic E-state index is 0.0218. The van der Waals surface area contributed by atoms with Gasteiger partial charge in [-0.1, -0.05) is 35.2 Å². The molecule has 2 heterocycles. The van der Waals surface area contributed by atoms with Gasteiger partial charge in [0, 0.05) is 17.9 Å². The summed E-state index contributed by atoms with van der Waals surface area (Å²) in [5, 5.41) is 26.2. The number of nitro benzene ring substituents is 1. The highest BCUT2D eigenvalue weighted by atomic mass is 32.2. The molecular weight excluding hydrogens is 483 g/mol. The molecular formula is C21H17FN6O4S2. The number of halogens is 1. The van der Waals surface area contributed by atoms with Crippen LogP contribution >= 0.6 is 23.1 Å². The Bertz CT molecular complexity index is 1330. The molecule has 174 valence electrons. The Morgan fingerprint density at radius 2 is 2.06 bits per heavy atom. The molecule has 2 aromatic heterocycles. The van der Waals surface area contributed by atoms with Crippen molar-refractivity contribution in [3.63, 3.8) is 0 Å². The van der Waals surface area contributed by atoms with Crippen LogP contribution in [0.15, 0.2) is 59.1 Å². The van der Waals surface area contributed by atoms with Crippen molar-refractivity contribution < 1.29 is 18.8 Å². The Kier molecular flexibility index (Phi) is 7.13. The quantitative estimate of drug-likeness (QED) is 0.152. The Morgan fingerprint density at radius 3 is 2.79 bits per heavy atom. The molecule has 1 amide bonds. The molecule has 0 atom stereocenters. The molecule has 0 unspecified atom stereocenters. The van der Waals surface area contributed by atoms with Crippen LogP contribution in [0.1, 0.15) is 23.0 Å². The van der Waals surface area contributed by atoms with Gasteiger partial charge in [0.05, 0.1) is 23.4 Å². The van der Waals surface area contributed by atoms with Gasteiger partial charge in [-0.2, -0.15) is 5.10 Å². The van der Waals surface area contributed by atoms with Crippen molar-refractivity contribution in [2.24, 2.45) is 0 Å². The number of aromatic nitrogens is 4. The first kappa shape index (κ1) is 23.3. The molecule has 10 nitrogen and oxygen atoms in total. The van der Waals surface area contributed by atoms with Crippen LogP contribution in [0.3, 0.4) is 0 Å². The largest absolute Gasteiger partial charge is 0.490 e. The summed E-state index contributed by atoms with van der Waals surface area (Å²) in [5.74, 6) is -0.181. The number of amides is 1. The fraction of sp³-hybridized carbons (Fsp3) is 0.143. The van der Waals surface area contributed by atoms with E-state index in [1.54, 1.807) is 25.3 Å². The molecule has 0 saturated heterocycles. The molecule has 13 heteroatoms. The second-order valence-electron chi connectivity index (χ2n) is 6.74. The monoisotopic (exact) mass is 500 g/mol. The molecule has 1 N–H and O–H groups in total. The summed E-state index contributed by atoms with van der Waals surface area (Å²) in [6.07, 6.45) is 1.55. The maximum Gasteiger partial charge on any atom is 0.281 e. The van der Waals surface area contributed by atoms with E-state index in [1.807, 2.05) is 0 Å². The van der Waals surface area contributed by atoms with E-state index in [2.05, 4.69) is 20.6 Å². The zero-order valence-electron chi connectivity index (χ0n) is 17.7. The molecule has 0 aliphatic rings. The Balaban J connectivity index is 1.44. The van der Waals surface area contributed by atoms with Crippen LogP contribution in [0, 0.1) is 15.9 Å². The van der Waals surface area contributed by atoms with Gasteiger partial charge in [0.1, 0.15) is 5.82 Å². The van der Waals surface area contributed by atoms with Crippen LogP contribution in [0.5, 0.6) is 5.75 Å². The summed E-state index contributed by atoms with van der Waals surface area (Å²) >= 11 is 2.51. The number of nitrogens with one attached hydrogen (secondary N) is 1. The van der Waals surface area contributed by atoms with Crippen molar-refractivity contribution in [2.45, 2.75) is 17.0 Å². The lowest BCUT2D eigenvalue weighted by molar-refractivity contribution is -0.384. The Morgan fingerprint density at radius 1 is 1.26 bits per heavy atom. The first-order valence-corrected chi connectivity index (χ1v) is 11.7.